The fraction of sp³-hybridized carbons (Fsp3) is 0.273. The molecule has 0 amide bonds. The third kappa shape index (κ3) is 3.27. The van der Waals surface area contributed by atoms with Crippen molar-refractivity contribution in [3.05, 3.63) is 78.0 Å². The van der Waals surface area contributed by atoms with Gasteiger partial charge in [0, 0.05) is 12.1 Å². The maximum Gasteiger partial charge on any atom is 0.326 e. The largest absolute Gasteiger partial charge is 0.468 e. The molecule has 0 aromatic heterocycles. The van der Waals surface area contributed by atoms with Crippen LogP contribution in [0.2, 0.25) is 0 Å². The van der Waals surface area contributed by atoms with Gasteiger partial charge in [-0.2, -0.15) is 0 Å². The normalized spacial score (nSPS) is 18.2. The molecule has 1 saturated heterocycles. The summed E-state index contributed by atoms with van der Waals surface area (Å²) in [6.07, 6.45) is -0.253. The molecule has 30 heavy (non-hydrogen) atoms. The molecule has 3 rings (SSSR count). The van der Waals surface area contributed by atoms with Crippen LogP contribution in [0.15, 0.2) is 71.8 Å². The SMILES string of the molecule is C=C1CC(C(=O)OC)(C(=O)OC)C(c2ccccc2)N1S(=O)(=O)c1ccc(C)cc1. The van der Waals surface area contributed by atoms with Crippen LogP contribution in [-0.4, -0.2) is 38.9 Å². The average molecular weight is 429 g/mol. The minimum Gasteiger partial charge on any atom is -0.468 e. The van der Waals surface area contributed by atoms with Crippen LogP contribution in [0.5, 0.6) is 0 Å². The van der Waals surface area contributed by atoms with E-state index in [0.29, 0.717) is 5.56 Å². The second-order valence-electron chi connectivity index (χ2n) is 7.12. The lowest BCUT2D eigenvalue weighted by molar-refractivity contribution is -0.170. The number of allylic oxidation sites excluding steroid dienone is 1. The van der Waals surface area contributed by atoms with Crippen molar-refractivity contribution >= 4 is 22.0 Å². The summed E-state index contributed by atoms with van der Waals surface area (Å²) in [7, 11) is -1.84. The number of nitrogens with zero attached hydrogens (tertiary/aromatic N) is 1. The average Bonchev–Trinajstić information content (AvgIpc) is 3.08. The third-order valence-corrected chi connectivity index (χ3v) is 7.14. The number of hydrogen-bond donors (Lipinski definition) is 0. The van der Waals surface area contributed by atoms with Crippen LogP contribution in [0, 0.1) is 12.3 Å². The van der Waals surface area contributed by atoms with Crippen molar-refractivity contribution < 1.29 is 27.5 Å². The summed E-state index contributed by atoms with van der Waals surface area (Å²) >= 11 is 0. The summed E-state index contributed by atoms with van der Waals surface area (Å²) in [5.74, 6) is -1.77. The maximum atomic E-state index is 13.6. The predicted octanol–water partition coefficient (Wildman–Crippen LogP) is 2.98. The molecule has 158 valence electrons. The summed E-state index contributed by atoms with van der Waals surface area (Å²) in [6.45, 7) is 5.73. The Morgan fingerprint density at radius 2 is 1.53 bits per heavy atom. The van der Waals surface area contributed by atoms with Gasteiger partial charge < -0.3 is 9.47 Å². The Kier molecular flexibility index (Phi) is 5.72. The molecule has 7 nitrogen and oxygen atoms in total. The lowest BCUT2D eigenvalue weighted by Crippen LogP contribution is -2.46. The third-order valence-electron chi connectivity index (χ3n) is 5.29. The van der Waals surface area contributed by atoms with Crippen LogP contribution < -0.4 is 0 Å². The molecule has 2 aromatic rings. The lowest BCUT2D eigenvalue weighted by atomic mass is 9.77. The summed E-state index contributed by atoms with van der Waals surface area (Å²) in [5, 5.41) is 0. The molecule has 1 aliphatic rings. The second-order valence-corrected chi connectivity index (χ2v) is 8.94. The Morgan fingerprint density at radius 1 is 1.00 bits per heavy atom. The van der Waals surface area contributed by atoms with Crippen molar-refractivity contribution in [3.8, 4) is 0 Å². The fourth-order valence-electron chi connectivity index (χ4n) is 3.88. The van der Waals surface area contributed by atoms with E-state index in [1.54, 1.807) is 42.5 Å². The number of benzene rings is 2. The Morgan fingerprint density at radius 3 is 2.03 bits per heavy atom. The summed E-state index contributed by atoms with van der Waals surface area (Å²) in [6, 6.07) is 13.6. The first-order valence-electron chi connectivity index (χ1n) is 9.20. The zero-order valence-corrected chi connectivity index (χ0v) is 17.8. The molecule has 1 fully saturated rings. The maximum absolute atomic E-state index is 13.6. The number of methoxy groups -OCH3 is 2. The van der Waals surface area contributed by atoms with Gasteiger partial charge in [0.1, 0.15) is 0 Å². The first kappa shape index (κ1) is 21.6. The van der Waals surface area contributed by atoms with Gasteiger partial charge in [-0.3, -0.25) is 13.9 Å². The van der Waals surface area contributed by atoms with Gasteiger partial charge in [-0.15, -0.1) is 0 Å². The van der Waals surface area contributed by atoms with Crippen molar-refractivity contribution in [3.63, 3.8) is 0 Å². The molecule has 1 unspecified atom stereocenters. The van der Waals surface area contributed by atoms with Crippen molar-refractivity contribution in [2.75, 3.05) is 14.2 Å². The highest BCUT2D eigenvalue weighted by atomic mass is 32.2. The van der Waals surface area contributed by atoms with E-state index in [2.05, 4.69) is 6.58 Å². The molecule has 0 N–H and O–H groups in total. The Labute approximate surface area is 176 Å². The van der Waals surface area contributed by atoms with Gasteiger partial charge in [-0.25, -0.2) is 8.42 Å². The zero-order chi connectivity index (χ0) is 22.1. The van der Waals surface area contributed by atoms with E-state index in [0.717, 1.165) is 24.1 Å². The van der Waals surface area contributed by atoms with Gasteiger partial charge >= 0.3 is 11.9 Å². The van der Waals surface area contributed by atoms with Gasteiger partial charge in [-0.05, 0) is 24.6 Å². The van der Waals surface area contributed by atoms with Crippen LogP contribution in [-0.2, 0) is 29.1 Å². The highest BCUT2D eigenvalue weighted by Gasteiger charge is 2.64. The van der Waals surface area contributed by atoms with Gasteiger partial charge in [0.2, 0.25) is 0 Å². The van der Waals surface area contributed by atoms with Gasteiger partial charge in [0.15, 0.2) is 5.41 Å². The van der Waals surface area contributed by atoms with Gasteiger partial charge in [-0.1, -0.05) is 54.6 Å². The van der Waals surface area contributed by atoms with E-state index in [4.69, 9.17) is 9.47 Å². The number of carbonyl (C=O) groups excluding carboxylic acids is 2. The number of hydrogen-bond acceptors (Lipinski definition) is 6. The molecule has 8 heteroatoms. The molecular weight excluding hydrogens is 406 g/mol. The minimum atomic E-state index is -4.14. The fourth-order valence-corrected chi connectivity index (χ4v) is 5.57. The first-order chi connectivity index (χ1) is 14.2. The van der Waals surface area contributed by atoms with Crippen molar-refractivity contribution in [2.45, 2.75) is 24.3 Å². The molecule has 0 saturated carbocycles. The van der Waals surface area contributed by atoms with E-state index in [1.807, 2.05) is 6.92 Å². The van der Waals surface area contributed by atoms with Crippen LogP contribution >= 0.6 is 0 Å². The molecular formula is C22H23NO6S. The first-order valence-corrected chi connectivity index (χ1v) is 10.6. The number of carbonyl (C=O) groups is 2. The monoisotopic (exact) mass is 429 g/mol. The molecule has 2 aromatic carbocycles. The number of esters is 2. The minimum absolute atomic E-state index is 0.0284. The number of aryl methyl sites for hydroxylation is 1. The van der Waals surface area contributed by atoms with Crippen LogP contribution in [0.3, 0.4) is 0 Å². The van der Waals surface area contributed by atoms with Crippen molar-refractivity contribution in [2.24, 2.45) is 5.41 Å². The Balaban J connectivity index is 2.29. The van der Waals surface area contributed by atoms with E-state index >= 15 is 0 Å². The Hall–Kier alpha value is -3.13. The molecule has 0 spiro atoms. The summed E-state index contributed by atoms with van der Waals surface area (Å²) in [5.41, 5.74) is -0.477. The standard InChI is InChI=1S/C22H23NO6S/c1-15-10-12-18(13-11-15)30(26,27)23-16(2)14-22(20(24)28-3,21(25)29-4)19(23)17-8-6-5-7-9-17/h5-13,19H,2,14H2,1,3-4H3. The smallest absolute Gasteiger partial charge is 0.326 e. The number of sulfonamides is 1. The number of ether oxygens (including phenoxy) is 2. The van der Waals surface area contributed by atoms with E-state index in [-0.39, 0.29) is 17.0 Å². The summed E-state index contributed by atoms with van der Waals surface area (Å²) < 4.78 is 38.1. The van der Waals surface area contributed by atoms with E-state index in [1.165, 1.54) is 12.1 Å². The highest BCUT2D eigenvalue weighted by molar-refractivity contribution is 7.89. The van der Waals surface area contributed by atoms with Gasteiger partial charge in [0.25, 0.3) is 10.0 Å². The van der Waals surface area contributed by atoms with Crippen LogP contribution in [0.25, 0.3) is 0 Å². The highest BCUT2D eigenvalue weighted by Crippen LogP contribution is 2.55. The number of rotatable bonds is 5. The van der Waals surface area contributed by atoms with Crippen molar-refractivity contribution in [1.82, 2.24) is 4.31 Å². The molecule has 0 aliphatic carbocycles. The zero-order valence-electron chi connectivity index (χ0n) is 17.0. The Bertz CT molecular complexity index is 1060. The molecule has 0 bridgehead atoms. The quantitative estimate of drug-likeness (QED) is 0.536. The molecule has 0 radical (unpaired) electrons. The predicted molar refractivity (Wildman–Crippen MR) is 110 cm³/mol. The second kappa shape index (κ2) is 7.95. The van der Waals surface area contributed by atoms with Crippen molar-refractivity contribution in [1.29, 1.82) is 0 Å². The van der Waals surface area contributed by atoms with Crippen LogP contribution in [0.4, 0.5) is 0 Å². The van der Waals surface area contributed by atoms with Crippen LogP contribution in [0.1, 0.15) is 23.6 Å². The molecule has 1 atom stereocenters. The molecule has 1 heterocycles. The van der Waals surface area contributed by atoms with E-state index < -0.39 is 33.4 Å². The summed E-state index contributed by atoms with van der Waals surface area (Å²) in [4.78, 5) is 25.9. The topological polar surface area (TPSA) is 90.0 Å². The van der Waals surface area contributed by atoms with Gasteiger partial charge in [0.05, 0.1) is 25.2 Å². The van der Waals surface area contributed by atoms with E-state index in [9.17, 15) is 18.0 Å². The lowest BCUT2D eigenvalue weighted by Gasteiger charge is -2.34. The molecule has 1 aliphatic heterocycles.